The lowest BCUT2D eigenvalue weighted by atomic mass is 10.2. The first-order valence-corrected chi connectivity index (χ1v) is 6.91. The van der Waals surface area contributed by atoms with Crippen LogP contribution in [0.15, 0.2) is 61.2 Å². The summed E-state index contributed by atoms with van der Waals surface area (Å²) in [5.74, 6) is 1.11. The summed E-state index contributed by atoms with van der Waals surface area (Å²) < 4.78 is 11.3. The maximum atomic E-state index is 10.7. The molecule has 0 aliphatic rings. The highest BCUT2D eigenvalue weighted by Crippen LogP contribution is 2.27. The number of benzene rings is 1. The molecule has 3 rings (SSSR count). The highest BCUT2D eigenvalue weighted by Gasteiger charge is 2.09. The van der Waals surface area contributed by atoms with Crippen LogP contribution in [-0.4, -0.2) is 21.2 Å². The van der Waals surface area contributed by atoms with Gasteiger partial charge in [0.05, 0.1) is 0 Å². The molecule has 0 aliphatic heterocycles. The van der Waals surface area contributed by atoms with Crippen LogP contribution >= 0.6 is 0 Å². The fraction of sp³-hybridized carbons (Fsp3) is 0.0588. The van der Waals surface area contributed by atoms with Crippen LogP contribution < -0.4 is 9.47 Å². The van der Waals surface area contributed by atoms with Crippen molar-refractivity contribution in [1.82, 2.24) is 15.0 Å². The third kappa shape index (κ3) is 3.88. The molecule has 0 aliphatic carbocycles. The largest absolute Gasteiger partial charge is 0.469 e. The summed E-state index contributed by atoms with van der Waals surface area (Å²) in [4.78, 5) is 22.9. The molecule has 0 fully saturated rings. The fourth-order valence-corrected chi connectivity index (χ4v) is 1.84. The second-order valence-electron chi connectivity index (χ2n) is 4.60. The molecule has 0 saturated heterocycles. The van der Waals surface area contributed by atoms with Gasteiger partial charge in [0.25, 0.3) is 11.8 Å². The van der Waals surface area contributed by atoms with Gasteiger partial charge in [-0.15, -0.1) is 0 Å². The average molecular weight is 307 g/mol. The molecular weight excluding hydrogens is 294 g/mol. The van der Waals surface area contributed by atoms with E-state index in [9.17, 15) is 4.79 Å². The number of ether oxygens (including phenoxy) is 2. The predicted octanol–water partition coefficient (Wildman–Crippen LogP) is 3.06. The zero-order chi connectivity index (χ0) is 15.9. The van der Waals surface area contributed by atoms with Crippen LogP contribution in [0.1, 0.15) is 15.9 Å². The molecule has 0 unspecified atom stereocenters. The van der Waals surface area contributed by atoms with E-state index in [0.29, 0.717) is 23.8 Å². The van der Waals surface area contributed by atoms with E-state index in [-0.39, 0.29) is 5.88 Å². The van der Waals surface area contributed by atoms with Crippen molar-refractivity contribution in [3.63, 3.8) is 0 Å². The molecule has 0 atom stereocenters. The van der Waals surface area contributed by atoms with Crippen molar-refractivity contribution in [3.8, 4) is 17.5 Å². The van der Waals surface area contributed by atoms with Crippen molar-refractivity contribution in [3.05, 3.63) is 72.3 Å². The number of hydrogen-bond donors (Lipinski definition) is 0. The third-order valence-electron chi connectivity index (χ3n) is 2.99. The molecule has 23 heavy (non-hydrogen) atoms. The molecule has 1 aromatic carbocycles. The SMILES string of the molecule is O=Cc1ccc(Oc2nccnc2OCc2ccncc2)cc1. The Balaban J connectivity index is 1.73. The predicted molar refractivity (Wildman–Crippen MR) is 82.5 cm³/mol. The van der Waals surface area contributed by atoms with Crippen molar-refractivity contribution in [2.24, 2.45) is 0 Å². The molecule has 0 saturated carbocycles. The lowest BCUT2D eigenvalue weighted by Crippen LogP contribution is -2.00. The summed E-state index contributed by atoms with van der Waals surface area (Å²) in [6, 6.07) is 10.4. The second-order valence-corrected chi connectivity index (χ2v) is 4.60. The number of aromatic nitrogens is 3. The summed E-state index contributed by atoms with van der Waals surface area (Å²) in [7, 11) is 0. The van der Waals surface area contributed by atoms with E-state index in [0.717, 1.165) is 11.8 Å². The van der Waals surface area contributed by atoms with E-state index in [2.05, 4.69) is 15.0 Å². The summed E-state index contributed by atoms with van der Waals surface area (Å²) in [5, 5.41) is 0. The van der Waals surface area contributed by atoms with E-state index >= 15 is 0 Å². The maximum absolute atomic E-state index is 10.7. The van der Waals surface area contributed by atoms with Gasteiger partial charge in [-0.1, -0.05) is 0 Å². The number of aldehydes is 1. The summed E-state index contributed by atoms with van der Waals surface area (Å²) in [6.45, 7) is 0.335. The summed E-state index contributed by atoms with van der Waals surface area (Å²) in [5.41, 5.74) is 1.54. The van der Waals surface area contributed by atoms with Crippen molar-refractivity contribution < 1.29 is 14.3 Å². The van der Waals surface area contributed by atoms with Crippen molar-refractivity contribution in [2.75, 3.05) is 0 Å². The third-order valence-corrected chi connectivity index (χ3v) is 2.99. The Bertz CT molecular complexity index is 777. The van der Waals surface area contributed by atoms with Crippen LogP contribution in [0.4, 0.5) is 0 Å². The van der Waals surface area contributed by atoms with Gasteiger partial charge in [0.1, 0.15) is 18.6 Å². The first-order valence-electron chi connectivity index (χ1n) is 6.91. The van der Waals surface area contributed by atoms with Gasteiger partial charge >= 0.3 is 0 Å². The standard InChI is InChI=1S/C17H13N3O3/c21-11-13-1-3-15(4-2-13)23-17-16(19-9-10-20-17)22-12-14-5-7-18-8-6-14/h1-11H,12H2. The monoisotopic (exact) mass is 307 g/mol. The van der Waals surface area contributed by atoms with Gasteiger partial charge in [0.15, 0.2) is 0 Å². The molecular formula is C17H13N3O3. The highest BCUT2D eigenvalue weighted by molar-refractivity contribution is 5.74. The maximum Gasteiger partial charge on any atom is 0.283 e. The van der Waals surface area contributed by atoms with Gasteiger partial charge in [-0.3, -0.25) is 9.78 Å². The van der Waals surface area contributed by atoms with Crippen LogP contribution in [0.3, 0.4) is 0 Å². The van der Waals surface area contributed by atoms with E-state index in [1.54, 1.807) is 36.7 Å². The molecule has 6 heteroatoms. The van der Waals surface area contributed by atoms with Gasteiger partial charge in [-0.2, -0.15) is 0 Å². The minimum absolute atomic E-state index is 0.264. The highest BCUT2D eigenvalue weighted by atomic mass is 16.5. The first kappa shape index (κ1) is 14.6. The molecule has 114 valence electrons. The molecule has 0 amide bonds. The Hall–Kier alpha value is -3.28. The number of rotatable bonds is 6. The smallest absolute Gasteiger partial charge is 0.283 e. The number of hydrogen-bond acceptors (Lipinski definition) is 6. The summed E-state index contributed by atoms with van der Waals surface area (Å²) in [6.07, 6.45) is 7.22. The molecule has 0 radical (unpaired) electrons. The molecule has 0 bridgehead atoms. The first-order chi connectivity index (χ1) is 11.3. The topological polar surface area (TPSA) is 74.2 Å². The lowest BCUT2D eigenvalue weighted by molar-refractivity contribution is 0.112. The van der Waals surface area contributed by atoms with Crippen LogP contribution in [0.2, 0.25) is 0 Å². The Morgan fingerprint density at radius 1 is 0.870 bits per heavy atom. The van der Waals surface area contributed by atoms with Gasteiger partial charge in [0, 0.05) is 30.4 Å². The quantitative estimate of drug-likeness (QED) is 0.652. The lowest BCUT2D eigenvalue weighted by Gasteiger charge is -2.10. The Morgan fingerprint density at radius 3 is 2.26 bits per heavy atom. The number of carbonyl (C=O) groups excluding carboxylic acids is 1. The minimum atomic E-state index is 0.264. The van der Waals surface area contributed by atoms with E-state index in [4.69, 9.17) is 9.47 Å². The molecule has 2 heterocycles. The Morgan fingerprint density at radius 2 is 1.57 bits per heavy atom. The normalized spacial score (nSPS) is 10.1. The summed E-state index contributed by atoms with van der Waals surface area (Å²) >= 11 is 0. The number of pyridine rings is 1. The van der Waals surface area contributed by atoms with Crippen LogP contribution in [0, 0.1) is 0 Å². The van der Waals surface area contributed by atoms with Crippen LogP contribution in [-0.2, 0) is 6.61 Å². The number of nitrogens with zero attached hydrogens (tertiary/aromatic N) is 3. The average Bonchev–Trinajstić information content (AvgIpc) is 2.62. The molecule has 0 spiro atoms. The van der Waals surface area contributed by atoms with Crippen molar-refractivity contribution >= 4 is 6.29 Å². The van der Waals surface area contributed by atoms with Crippen LogP contribution in [0.25, 0.3) is 0 Å². The Kier molecular flexibility index (Phi) is 4.54. The zero-order valence-electron chi connectivity index (χ0n) is 12.1. The van der Waals surface area contributed by atoms with Gasteiger partial charge in [-0.05, 0) is 42.0 Å². The minimum Gasteiger partial charge on any atom is -0.469 e. The number of carbonyl (C=O) groups is 1. The van der Waals surface area contributed by atoms with Gasteiger partial charge in [0.2, 0.25) is 0 Å². The molecule has 0 N–H and O–H groups in total. The molecule has 2 aromatic heterocycles. The van der Waals surface area contributed by atoms with Gasteiger partial charge < -0.3 is 9.47 Å². The Labute approximate surface area is 132 Å². The van der Waals surface area contributed by atoms with E-state index in [1.807, 2.05) is 12.1 Å². The van der Waals surface area contributed by atoms with E-state index < -0.39 is 0 Å². The van der Waals surface area contributed by atoms with Crippen molar-refractivity contribution in [2.45, 2.75) is 6.61 Å². The molecule has 6 nitrogen and oxygen atoms in total. The van der Waals surface area contributed by atoms with Crippen molar-refractivity contribution in [1.29, 1.82) is 0 Å². The van der Waals surface area contributed by atoms with E-state index in [1.165, 1.54) is 12.4 Å². The fourth-order valence-electron chi connectivity index (χ4n) is 1.84. The van der Waals surface area contributed by atoms with Crippen LogP contribution in [0.5, 0.6) is 17.5 Å². The zero-order valence-corrected chi connectivity index (χ0v) is 12.1. The molecule has 3 aromatic rings. The second kappa shape index (κ2) is 7.13. The van der Waals surface area contributed by atoms with Gasteiger partial charge in [-0.25, -0.2) is 9.97 Å².